The molecule has 0 saturated carbocycles. The molecule has 0 aromatic rings. The van der Waals surface area contributed by atoms with Crippen LogP contribution in [0.2, 0.25) is 0 Å². The van der Waals surface area contributed by atoms with Crippen LogP contribution in [-0.2, 0) is 0 Å². The van der Waals surface area contributed by atoms with Crippen LogP contribution >= 0.6 is 0 Å². The maximum absolute atomic E-state index is 4.07. The van der Waals surface area contributed by atoms with Gasteiger partial charge >= 0.3 is 0 Å². The summed E-state index contributed by atoms with van der Waals surface area (Å²) in [5.74, 6) is 0. The fourth-order valence-electron chi connectivity index (χ4n) is 3.10. The van der Waals surface area contributed by atoms with E-state index in [0.29, 0.717) is 6.04 Å². The van der Waals surface area contributed by atoms with E-state index < -0.39 is 0 Å². The minimum absolute atomic E-state index is 0.217. The lowest BCUT2D eigenvalue weighted by atomic mass is 9.80. The van der Waals surface area contributed by atoms with Crippen molar-refractivity contribution in [3.63, 3.8) is 0 Å². The first-order chi connectivity index (χ1) is 9.53. The minimum atomic E-state index is 0.217. The first kappa shape index (κ1) is 19.7. The molecule has 0 spiro atoms. The Labute approximate surface area is 128 Å². The van der Waals surface area contributed by atoms with Crippen LogP contribution in [0.5, 0.6) is 0 Å². The van der Waals surface area contributed by atoms with Gasteiger partial charge in [0.2, 0.25) is 0 Å². The van der Waals surface area contributed by atoms with Gasteiger partial charge in [-0.05, 0) is 31.3 Å². The second kappa shape index (κ2) is 11.4. The predicted octanol–water partition coefficient (Wildman–Crippen LogP) is 6.05. The molecule has 1 unspecified atom stereocenters. The summed E-state index contributed by atoms with van der Waals surface area (Å²) in [5.41, 5.74) is 0.217. The topological polar surface area (TPSA) is 3.24 Å². The Bertz CT molecular complexity index is 232. The monoisotopic (exact) mass is 281 g/mol. The predicted molar refractivity (Wildman–Crippen MR) is 93.3 cm³/mol. The zero-order chi connectivity index (χ0) is 15.4. The number of nitrogens with zero attached hydrogens (tertiary/aromatic N) is 1. The molecule has 0 radical (unpaired) electrons. The zero-order valence-corrected chi connectivity index (χ0v) is 14.9. The van der Waals surface area contributed by atoms with Gasteiger partial charge in [-0.15, -0.1) is 6.58 Å². The van der Waals surface area contributed by atoms with Gasteiger partial charge in [0.05, 0.1) is 0 Å². The van der Waals surface area contributed by atoms with E-state index >= 15 is 0 Å². The third-order valence-electron chi connectivity index (χ3n) is 4.57. The Balaban J connectivity index is 4.35. The van der Waals surface area contributed by atoms with Crippen LogP contribution in [-0.4, -0.2) is 24.0 Å². The van der Waals surface area contributed by atoms with Crippen molar-refractivity contribution in [3.8, 4) is 0 Å². The maximum atomic E-state index is 4.07. The van der Waals surface area contributed by atoms with Crippen molar-refractivity contribution < 1.29 is 0 Å². The van der Waals surface area contributed by atoms with Gasteiger partial charge in [-0.1, -0.05) is 79.2 Å². The molecule has 120 valence electrons. The molecule has 20 heavy (non-hydrogen) atoms. The van der Waals surface area contributed by atoms with Crippen LogP contribution < -0.4 is 0 Å². The lowest BCUT2D eigenvalue weighted by Gasteiger charge is -2.40. The highest BCUT2D eigenvalue weighted by Crippen LogP contribution is 2.30. The highest BCUT2D eigenvalue weighted by atomic mass is 15.2. The molecule has 1 atom stereocenters. The van der Waals surface area contributed by atoms with Gasteiger partial charge in [0.15, 0.2) is 0 Å². The summed E-state index contributed by atoms with van der Waals surface area (Å²) in [7, 11) is 0. The first-order valence-corrected chi connectivity index (χ1v) is 8.91. The molecule has 0 fully saturated rings. The molecule has 0 heterocycles. The standard InChI is InChI=1S/C19H39N/c1-7-11-12-13-14-15-16-18(19(5,6)9-3)20(10-4)17-8-2/h9,18H,3,7-8,10-17H2,1-2,4-6H3. The molecule has 1 nitrogen and oxygen atoms in total. The molecule has 0 bridgehead atoms. The Morgan fingerprint density at radius 2 is 1.55 bits per heavy atom. The van der Waals surface area contributed by atoms with Crippen LogP contribution in [0.1, 0.15) is 86.0 Å². The van der Waals surface area contributed by atoms with Crippen LogP contribution in [0.15, 0.2) is 12.7 Å². The van der Waals surface area contributed by atoms with Crippen molar-refractivity contribution in [1.82, 2.24) is 4.90 Å². The zero-order valence-electron chi connectivity index (χ0n) is 14.9. The largest absolute Gasteiger partial charge is 0.300 e. The van der Waals surface area contributed by atoms with Crippen LogP contribution in [0, 0.1) is 5.41 Å². The SMILES string of the molecule is C=CC(C)(C)C(CCCCCCCC)N(CC)CCC. The van der Waals surface area contributed by atoms with Gasteiger partial charge in [0.25, 0.3) is 0 Å². The molecule has 0 saturated heterocycles. The average Bonchev–Trinajstić information content (AvgIpc) is 2.44. The van der Waals surface area contributed by atoms with Gasteiger partial charge < -0.3 is 0 Å². The summed E-state index contributed by atoms with van der Waals surface area (Å²) < 4.78 is 0. The molecule has 0 N–H and O–H groups in total. The molecule has 0 aliphatic carbocycles. The lowest BCUT2D eigenvalue weighted by Crippen LogP contribution is -2.44. The van der Waals surface area contributed by atoms with Crippen molar-refractivity contribution in [3.05, 3.63) is 12.7 Å². The van der Waals surface area contributed by atoms with E-state index in [9.17, 15) is 0 Å². The van der Waals surface area contributed by atoms with Gasteiger partial charge in [-0.3, -0.25) is 4.90 Å². The van der Waals surface area contributed by atoms with Crippen molar-refractivity contribution in [2.75, 3.05) is 13.1 Å². The molecule has 0 aliphatic rings. The summed E-state index contributed by atoms with van der Waals surface area (Å²) in [6.07, 6.45) is 13.1. The molecule has 1 heteroatoms. The molecule has 0 aliphatic heterocycles. The molecular weight excluding hydrogens is 242 g/mol. The van der Waals surface area contributed by atoms with Crippen molar-refractivity contribution in [2.24, 2.45) is 5.41 Å². The second-order valence-corrected chi connectivity index (χ2v) is 6.73. The number of hydrogen-bond acceptors (Lipinski definition) is 1. The van der Waals surface area contributed by atoms with E-state index in [1.807, 2.05) is 0 Å². The summed E-state index contributed by atoms with van der Waals surface area (Å²) >= 11 is 0. The Hall–Kier alpha value is -0.300. The smallest absolute Gasteiger partial charge is 0.0181 e. The van der Waals surface area contributed by atoms with Crippen LogP contribution in [0.3, 0.4) is 0 Å². The molecule has 0 rings (SSSR count). The summed E-state index contributed by atoms with van der Waals surface area (Å²) in [6.45, 7) is 18.0. The molecular formula is C19H39N. The van der Waals surface area contributed by atoms with Gasteiger partial charge in [0, 0.05) is 6.04 Å². The molecule has 0 aromatic heterocycles. The van der Waals surface area contributed by atoms with Crippen molar-refractivity contribution in [2.45, 2.75) is 92.0 Å². The van der Waals surface area contributed by atoms with E-state index in [2.05, 4.69) is 52.2 Å². The normalized spacial score (nSPS) is 13.7. The minimum Gasteiger partial charge on any atom is -0.300 e. The third kappa shape index (κ3) is 7.47. The maximum Gasteiger partial charge on any atom is 0.0181 e. The van der Waals surface area contributed by atoms with Crippen molar-refractivity contribution in [1.29, 1.82) is 0 Å². The van der Waals surface area contributed by atoms with Gasteiger partial charge in [-0.25, -0.2) is 0 Å². The highest BCUT2D eigenvalue weighted by Gasteiger charge is 2.30. The van der Waals surface area contributed by atoms with E-state index in [-0.39, 0.29) is 5.41 Å². The third-order valence-corrected chi connectivity index (χ3v) is 4.57. The van der Waals surface area contributed by atoms with Crippen molar-refractivity contribution >= 4 is 0 Å². The fourth-order valence-corrected chi connectivity index (χ4v) is 3.10. The average molecular weight is 282 g/mol. The molecule has 0 aromatic carbocycles. The van der Waals surface area contributed by atoms with E-state index in [4.69, 9.17) is 0 Å². The lowest BCUT2D eigenvalue weighted by molar-refractivity contribution is 0.112. The summed E-state index contributed by atoms with van der Waals surface area (Å²) in [4.78, 5) is 2.66. The Morgan fingerprint density at radius 3 is 2.05 bits per heavy atom. The summed E-state index contributed by atoms with van der Waals surface area (Å²) in [6, 6.07) is 0.649. The van der Waals surface area contributed by atoms with Crippen LogP contribution in [0.25, 0.3) is 0 Å². The van der Waals surface area contributed by atoms with Crippen LogP contribution in [0.4, 0.5) is 0 Å². The van der Waals surface area contributed by atoms with E-state index in [1.54, 1.807) is 0 Å². The van der Waals surface area contributed by atoms with Gasteiger partial charge in [-0.2, -0.15) is 0 Å². The number of rotatable bonds is 13. The highest BCUT2D eigenvalue weighted by molar-refractivity contribution is 4.97. The van der Waals surface area contributed by atoms with E-state index in [1.165, 1.54) is 57.9 Å². The number of unbranched alkanes of at least 4 members (excludes halogenated alkanes) is 5. The van der Waals surface area contributed by atoms with E-state index in [0.717, 1.165) is 6.54 Å². The quantitative estimate of drug-likeness (QED) is 0.293. The second-order valence-electron chi connectivity index (χ2n) is 6.73. The van der Waals surface area contributed by atoms with Gasteiger partial charge in [0.1, 0.15) is 0 Å². The molecule has 0 amide bonds. The fraction of sp³-hybridized carbons (Fsp3) is 0.895. The number of hydrogen-bond donors (Lipinski definition) is 0. The Morgan fingerprint density at radius 1 is 0.950 bits per heavy atom. The summed E-state index contributed by atoms with van der Waals surface area (Å²) in [5, 5.41) is 0. The Kier molecular flexibility index (Phi) is 11.2. The first-order valence-electron chi connectivity index (χ1n) is 8.91.